The lowest BCUT2D eigenvalue weighted by atomic mass is 9.86. The fourth-order valence-electron chi connectivity index (χ4n) is 4.13. The van der Waals surface area contributed by atoms with E-state index >= 15 is 0 Å². The number of nitrogens with zero attached hydrogens (tertiary/aromatic N) is 7. The van der Waals surface area contributed by atoms with E-state index < -0.39 is 23.2 Å². The van der Waals surface area contributed by atoms with Gasteiger partial charge in [0.15, 0.2) is 11.5 Å². The van der Waals surface area contributed by atoms with Gasteiger partial charge in [-0.2, -0.15) is 17.7 Å². The van der Waals surface area contributed by atoms with Crippen molar-refractivity contribution in [2.24, 2.45) is 0 Å². The summed E-state index contributed by atoms with van der Waals surface area (Å²) in [5.74, 6) is 0.765. The molecule has 29 heavy (non-hydrogen) atoms. The number of halogens is 3. The molecule has 0 radical (unpaired) electrons. The van der Waals surface area contributed by atoms with E-state index in [-0.39, 0.29) is 12.1 Å². The minimum absolute atomic E-state index is 0.165. The van der Waals surface area contributed by atoms with E-state index in [9.17, 15) is 18.0 Å². The Bertz CT molecular complexity index is 1100. The number of carbonyl (C=O) groups is 1. The van der Waals surface area contributed by atoms with Crippen molar-refractivity contribution in [1.82, 2.24) is 29.7 Å². The minimum atomic E-state index is -4.60. The molecule has 3 aromatic heterocycles. The Kier molecular flexibility index (Phi) is 3.77. The van der Waals surface area contributed by atoms with Crippen LogP contribution in [0.15, 0.2) is 30.6 Å². The van der Waals surface area contributed by atoms with Gasteiger partial charge in [0.25, 0.3) is 5.91 Å². The molecule has 6 rings (SSSR count). The maximum Gasteiger partial charge on any atom is 0.417 e. The molecule has 8 nitrogen and oxygen atoms in total. The van der Waals surface area contributed by atoms with Crippen molar-refractivity contribution in [2.75, 3.05) is 18.0 Å². The smallest absolute Gasteiger partial charge is 0.351 e. The Hall–Kier alpha value is -3.24. The second-order valence-electron chi connectivity index (χ2n) is 7.29. The van der Waals surface area contributed by atoms with Crippen LogP contribution in [0.25, 0.3) is 5.65 Å². The first kappa shape index (κ1) is 17.8. The molecule has 1 amide bonds. The fourth-order valence-corrected chi connectivity index (χ4v) is 4.13. The van der Waals surface area contributed by atoms with Crippen LogP contribution in [0.2, 0.25) is 0 Å². The first-order valence-corrected chi connectivity index (χ1v) is 9.11. The summed E-state index contributed by atoms with van der Waals surface area (Å²) in [5.41, 5.74) is -0.709. The number of alkyl halides is 3. The van der Waals surface area contributed by atoms with Gasteiger partial charge >= 0.3 is 6.18 Å². The number of carbonyl (C=O) groups excluding carboxylic acids is 1. The third kappa shape index (κ3) is 2.79. The van der Waals surface area contributed by atoms with E-state index in [1.165, 1.54) is 0 Å². The summed E-state index contributed by atoms with van der Waals surface area (Å²) >= 11 is 0. The van der Waals surface area contributed by atoms with Gasteiger partial charge in [-0.05, 0) is 31.5 Å². The molecule has 3 saturated heterocycles. The molecule has 0 saturated carbocycles. The highest BCUT2D eigenvalue weighted by Gasteiger charge is 2.49. The number of aryl methyl sites for hydroxylation is 1. The molecule has 0 aromatic carbocycles. The third-order valence-electron chi connectivity index (χ3n) is 5.51. The zero-order chi connectivity index (χ0) is 20.3. The van der Waals surface area contributed by atoms with Gasteiger partial charge in [-0.3, -0.25) is 9.78 Å². The average Bonchev–Trinajstić information content (AvgIpc) is 3.07. The van der Waals surface area contributed by atoms with Crippen LogP contribution < -0.4 is 4.90 Å². The van der Waals surface area contributed by atoms with Crippen LogP contribution in [0.3, 0.4) is 0 Å². The topological polar surface area (TPSA) is 79.5 Å². The van der Waals surface area contributed by atoms with Crippen molar-refractivity contribution < 1.29 is 18.0 Å². The summed E-state index contributed by atoms with van der Waals surface area (Å²) in [6.07, 6.45) is -1.79. The molecule has 0 spiro atoms. The third-order valence-corrected chi connectivity index (χ3v) is 5.51. The summed E-state index contributed by atoms with van der Waals surface area (Å²) < 4.78 is 41.5. The molecule has 11 heteroatoms. The van der Waals surface area contributed by atoms with Gasteiger partial charge in [0.05, 0.1) is 23.2 Å². The molecule has 3 fully saturated rings. The first-order valence-electron chi connectivity index (χ1n) is 9.11. The predicted molar refractivity (Wildman–Crippen MR) is 95.3 cm³/mol. The maximum absolute atomic E-state index is 13.3. The Morgan fingerprint density at radius 3 is 2.62 bits per heavy atom. The minimum Gasteiger partial charge on any atom is -0.351 e. The number of pyridine rings is 1. The van der Waals surface area contributed by atoms with Crippen molar-refractivity contribution in [3.05, 3.63) is 47.5 Å². The standard InChI is InChI=1S/C18H16F3N7O/c1-10-23-24-15-2-3-16(25-28(10)15)26-8-11-6-12(9-26)27(11)17(29)13-7-22-5-4-14(13)18(19,20)21/h2-5,7,11-12H,6,8-9H2,1H3. The maximum atomic E-state index is 13.3. The lowest BCUT2D eigenvalue weighted by Gasteiger charge is -2.56. The molecule has 3 aliphatic heterocycles. The van der Waals surface area contributed by atoms with Crippen LogP contribution in [0, 0.1) is 6.92 Å². The SMILES string of the molecule is Cc1nnc2ccc(N3CC4CC(C3)N4C(=O)c3cnccc3C(F)(F)F)nn12. The number of hydrogen-bond acceptors (Lipinski definition) is 6. The summed E-state index contributed by atoms with van der Waals surface area (Å²) in [7, 11) is 0. The van der Waals surface area contributed by atoms with Gasteiger partial charge in [-0.25, -0.2) is 0 Å². The van der Waals surface area contributed by atoms with Gasteiger partial charge in [0, 0.05) is 25.5 Å². The van der Waals surface area contributed by atoms with Gasteiger partial charge in [0.1, 0.15) is 5.82 Å². The molecule has 3 aliphatic rings. The summed E-state index contributed by atoms with van der Waals surface area (Å²) in [6, 6.07) is 4.17. The van der Waals surface area contributed by atoms with Gasteiger partial charge < -0.3 is 9.80 Å². The number of hydrogen-bond donors (Lipinski definition) is 0. The molecule has 2 unspecified atom stereocenters. The zero-order valence-electron chi connectivity index (χ0n) is 15.3. The van der Waals surface area contributed by atoms with E-state index in [2.05, 4.69) is 20.3 Å². The first-order chi connectivity index (χ1) is 13.8. The van der Waals surface area contributed by atoms with Crippen molar-refractivity contribution in [2.45, 2.75) is 31.6 Å². The van der Waals surface area contributed by atoms with Crippen LogP contribution in [0.4, 0.5) is 19.0 Å². The zero-order valence-corrected chi connectivity index (χ0v) is 15.3. The predicted octanol–water partition coefficient (Wildman–Crippen LogP) is 1.95. The molecule has 2 bridgehead atoms. The van der Waals surface area contributed by atoms with Crippen molar-refractivity contribution in [3.8, 4) is 0 Å². The van der Waals surface area contributed by atoms with Gasteiger partial charge in [-0.1, -0.05) is 0 Å². The Balaban J connectivity index is 1.38. The number of piperidine rings is 1. The van der Waals surface area contributed by atoms with E-state index in [4.69, 9.17) is 0 Å². The number of amides is 1. The highest BCUT2D eigenvalue weighted by Crippen LogP contribution is 2.38. The quantitative estimate of drug-likeness (QED) is 0.651. The lowest BCUT2D eigenvalue weighted by Crippen LogP contribution is -2.70. The second-order valence-corrected chi connectivity index (χ2v) is 7.29. The molecule has 2 atom stereocenters. The largest absolute Gasteiger partial charge is 0.417 e. The highest BCUT2D eigenvalue weighted by atomic mass is 19.4. The van der Waals surface area contributed by atoms with Crippen LogP contribution in [-0.4, -0.2) is 60.8 Å². The molecule has 150 valence electrons. The van der Waals surface area contributed by atoms with Crippen LogP contribution >= 0.6 is 0 Å². The summed E-state index contributed by atoms with van der Waals surface area (Å²) in [5, 5.41) is 12.5. The van der Waals surface area contributed by atoms with Crippen LogP contribution in [-0.2, 0) is 6.18 Å². The molecule has 6 heterocycles. The van der Waals surface area contributed by atoms with Crippen molar-refractivity contribution in [3.63, 3.8) is 0 Å². The van der Waals surface area contributed by atoms with Crippen molar-refractivity contribution in [1.29, 1.82) is 0 Å². The van der Waals surface area contributed by atoms with E-state index in [1.807, 2.05) is 17.0 Å². The van der Waals surface area contributed by atoms with Crippen LogP contribution in [0.5, 0.6) is 0 Å². The summed E-state index contributed by atoms with van der Waals surface area (Å²) in [6.45, 7) is 2.81. The Morgan fingerprint density at radius 2 is 1.90 bits per heavy atom. The van der Waals surface area contributed by atoms with Crippen LogP contribution in [0.1, 0.15) is 28.2 Å². The number of piperazine rings is 1. The van der Waals surface area contributed by atoms with E-state index in [0.717, 1.165) is 30.7 Å². The number of fused-ring (bicyclic) bond motifs is 3. The number of rotatable bonds is 2. The van der Waals surface area contributed by atoms with Crippen molar-refractivity contribution >= 4 is 17.4 Å². The molecular formula is C18H16F3N7O. The van der Waals surface area contributed by atoms with E-state index in [0.29, 0.717) is 24.6 Å². The molecular weight excluding hydrogens is 387 g/mol. The average molecular weight is 403 g/mol. The number of aromatic nitrogens is 5. The molecule has 3 aromatic rings. The Labute approximate surface area is 163 Å². The highest BCUT2D eigenvalue weighted by molar-refractivity contribution is 5.96. The molecule has 0 aliphatic carbocycles. The van der Waals surface area contributed by atoms with Gasteiger partial charge in [-0.15, -0.1) is 15.3 Å². The normalized spacial score (nSPS) is 21.4. The molecule has 0 N–H and O–H groups in total. The second kappa shape index (κ2) is 6.13. The monoisotopic (exact) mass is 403 g/mol. The van der Waals surface area contributed by atoms with E-state index in [1.54, 1.807) is 16.3 Å². The lowest BCUT2D eigenvalue weighted by molar-refractivity contribution is -0.138. The summed E-state index contributed by atoms with van der Waals surface area (Å²) in [4.78, 5) is 20.2. The number of anilines is 1. The Morgan fingerprint density at radius 1 is 1.14 bits per heavy atom. The fraction of sp³-hybridized carbons (Fsp3) is 0.389. The van der Waals surface area contributed by atoms with Gasteiger partial charge in [0.2, 0.25) is 0 Å².